The van der Waals surface area contributed by atoms with Crippen molar-refractivity contribution >= 4 is 28.4 Å². The first-order valence-electron chi connectivity index (χ1n) is 9.36. The third kappa shape index (κ3) is 3.51. The highest BCUT2D eigenvalue weighted by Gasteiger charge is 2.31. The van der Waals surface area contributed by atoms with Crippen molar-refractivity contribution in [1.82, 2.24) is 9.47 Å². The highest BCUT2D eigenvalue weighted by molar-refractivity contribution is 6.00. The molecule has 6 heteroatoms. The molecule has 1 aliphatic rings. The van der Waals surface area contributed by atoms with Crippen LogP contribution < -0.4 is 5.32 Å². The number of benzene rings is 2. The Labute approximate surface area is 163 Å². The van der Waals surface area contributed by atoms with Crippen LogP contribution in [-0.4, -0.2) is 47.1 Å². The summed E-state index contributed by atoms with van der Waals surface area (Å²) in [6.07, 6.45) is -0.685. The third-order valence-corrected chi connectivity index (χ3v) is 5.10. The van der Waals surface area contributed by atoms with Gasteiger partial charge in [0.05, 0.1) is 13.2 Å². The largest absolute Gasteiger partial charge is 0.365 e. The number of anilines is 1. The molecule has 0 saturated carbocycles. The van der Waals surface area contributed by atoms with Crippen LogP contribution in [0.2, 0.25) is 0 Å². The third-order valence-electron chi connectivity index (χ3n) is 5.10. The Balaban J connectivity index is 1.50. The van der Waals surface area contributed by atoms with Crippen molar-refractivity contribution in [2.45, 2.75) is 13.0 Å². The summed E-state index contributed by atoms with van der Waals surface area (Å²) in [6.45, 7) is 3.07. The molecule has 3 aromatic rings. The Morgan fingerprint density at radius 2 is 1.89 bits per heavy atom. The van der Waals surface area contributed by atoms with Gasteiger partial charge in [0.2, 0.25) is 0 Å². The van der Waals surface area contributed by atoms with E-state index < -0.39 is 6.10 Å². The first kappa shape index (κ1) is 18.3. The fourth-order valence-electron chi connectivity index (χ4n) is 3.57. The predicted octanol–water partition coefficient (Wildman–Crippen LogP) is 2.97. The number of para-hydroxylation sites is 1. The summed E-state index contributed by atoms with van der Waals surface area (Å²) in [7, 11) is 1.89. The molecule has 144 valence electrons. The van der Waals surface area contributed by atoms with Crippen LogP contribution in [0.15, 0.2) is 54.6 Å². The number of aromatic nitrogens is 1. The average molecular weight is 377 g/mol. The molecule has 0 aliphatic carbocycles. The molecule has 0 spiro atoms. The first-order chi connectivity index (χ1) is 13.5. The van der Waals surface area contributed by atoms with Crippen LogP contribution in [0.3, 0.4) is 0 Å². The number of hydrogen-bond donors (Lipinski definition) is 1. The minimum atomic E-state index is -0.685. The van der Waals surface area contributed by atoms with Gasteiger partial charge in [0.15, 0.2) is 6.10 Å². The fraction of sp³-hybridized carbons (Fsp3) is 0.273. The Hall–Kier alpha value is -3.12. The van der Waals surface area contributed by atoms with Crippen molar-refractivity contribution in [2.75, 3.05) is 25.0 Å². The summed E-state index contributed by atoms with van der Waals surface area (Å²) in [5.41, 5.74) is 3.50. The number of rotatable bonds is 3. The van der Waals surface area contributed by atoms with E-state index in [2.05, 4.69) is 11.4 Å². The molecule has 2 aromatic carbocycles. The maximum Gasteiger partial charge on any atom is 0.270 e. The minimum absolute atomic E-state index is 0.0860. The van der Waals surface area contributed by atoms with Crippen molar-refractivity contribution in [1.29, 1.82) is 0 Å². The molecule has 1 aliphatic heterocycles. The highest BCUT2D eigenvalue weighted by atomic mass is 16.5. The molecule has 0 radical (unpaired) electrons. The molecular formula is C22H23N3O3. The summed E-state index contributed by atoms with van der Waals surface area (Å²) in [5, 5.41) is 3.88. The highest BCUT2D eigenvalue weighted by Crippen LogP contribution is 2.22. The standard InChI is InChI=1S/C22H23N3O3/c1-15-8-9-18-16(12-15)13-19(24(18)2)22(27)25-10-11-28-20(14-25)21(26)23-17-6-4-3-5-7-17/h3-9,12-13,20H,10-11,14H2,1-2H3,(H,23,26)/t20-/m0/s1. The lowest BCUT2D eigenvalue weighted by molar-refractivity contribution is -0.131. The van der Waals surface area contributed by atoms with E-state index in [1.54, 1.807) is 4.90 Å². The molecule has 0 unspecified atom stereocenters. The summed E-state index contributed by atoms with van der Waals surface area (Å²) in [5.74, 6) is -0.325. The lowest BCUT2D eigenvalue weighted by Crippen LogP contribution is -2.50. The number of morpholine rings is 1. The number of nitrogens with zero attached hydrogens (tertiary/aromatic N) is 2. The summed E-state index contributed by atoms with van der Waals surface area (Å²) >= 11 is 0. The zero-order valence-electron chi connectivity index (χ0n) is 16.0. The van der Waals surface area contributed by atoms with Gasteiger partial charge in [-0.05, 0) is 37.3 Å². The zero-order chi connectivity index (χ0) is 19.7. The van der Waals surface area contributed by atoms with Crippen molar-refractivity contribution in [3.8, 4) is 0 Å². The number of carbonyl (C=O) groups excluding carboxylic acids is 2. The molecule has 1 N–H and O–H groups in total. The van der Waals surface area contributed by atoms with Crippen LogP contribution in [0.5, 0.6) is 0 Å². The van der Waals surface area contributed by atoms with Crippen molar-refractivity contribution in [2.24, 2.45) is 7.05 Å². The smallest absolute Gasteiger partial charge is 0.270 e. The van der Waals surface area contributed by atoms with Crippen LogP contribution in [0.1, 0.15) is 16.1 Å². The summed E-state index contributed by atoms with van der Waals surface area (Å²) in [6, 6.07) is 17.3. The molecule has 28 heavy (non-hydrogen) atoms. The van der Waals surface area contributed by atoms with E-state index in [1.165, 1.54) is 0 Å². The zero-order valence-corrected chi connectivity index (χ0v) is 16.0. The van der Waals surface area contributed by atoms with E-state index in [1.807, 2.05) is 67.1 Å². The minimum Gasteiger partial charge on any atom is -0.365 e. The van der Waals surface area contributed by atoms with Gasteiger partial charge in [-0.1, -0.05) is 29.8 Å². The van der Waals surface area contributed by atoms with E-state index in [9.17, 15) is 9.59 Å². The van der Waals surface area contributed by atoms with E-state index in [0.717, 1.165) is 16.5 Å². The van der Waals surface area contributed by atoms with Crippen molar-refractivity contribution in [3.05, 3.63) is 65.9 Å². The van der Waals surface area contributed by atoms with Crippen LogP contribution in [-0.2, 0) is 16.6 Å². The van der Waals surface area contributed by atoms with E-state index in [4.69, 9.17) is 4.74 Å². The van der Waals surface area contributed by atoms with Crippen LogP contribution in [0.4, 0.5) is 5.69 Å². The van der Waals surface area contributed by atoms with Gasteiger partial charge in [-0.25, -0.2) is 0 Å². The average Bonchev–Trinajstić information content (AvgIpc) is 3.04. The number of hydrogen-bond acceptors (Lipinski definition) is 3. The topological polar surface area (TPSA) is 63.6 Å². The molecular weight excluding hydrogens is 354 g/mol. The number of amides is 2. The molecule has 2 amide bonds. The van der Waals surface area contributed by atoms with Gasteiger partial charge in [-0.15, -0.1) is 0 Å². The van der Waals surface area contributed by atoms with Gasteiger partial charge >= 0.3 is 0 Å². The van der Waals surface area contributed by atoms with Gasteiger partial charge in [-0.3, -0.25) is 9.59 Å². The van der Waals surface area contributed by atoms with Crippen LogP contribution in [0, 0.1) is 6.92 Å². The lowest BCUT2D eigenvalue weighted by atomic mass is 10.2. The van der Waals surface area contributed by atoms with Crippen LogP contribution in [0.25, 0.3) is 10.9 Å². The number of fused-ring (bicyclic) bond motifs is 1. The second-order valence-corrected chi connectivity index (χ2v) is 7.12. The van der Waals surface area contributed by atoms with Gasteiger partial charge in [0, 0.05) is 30.2 Å². The van der Waals surface area contributed by atoms with Gasteiger partial charge < -0.3 is 19.5 Å². The molecule has 1 fully saturated rings. The normalized spacial score (nSPS) is 16.9. The number of nitrogens with one attached hydrogen (secondary N) is 1. The Kier molecular flexibility index (Phi) is 4.88. The molecule has 6 nitrogen and oxygen atoms in total. The van der Waals surface area contributed by atoms with Gasteiger partial charge in [0.1, 0.15) is 5.69 Å². The quantitative estimate of drug-likeness (QED) is 0.763. The van der Waals surface area contributed by atoms with Gasteiger partial charge in [0.25, 0.3) is 11.8 Å². The SMILES string of the molecule is Cc1ccc2c(c1)cc(C(=O)N1CCO[C@H](C(=O)Nc3ccccc3)C1)n2C. The van der Waals surface area contributed by atoms with Crippen molar-refractivity contribution in [3.63, 3.8) is 0 Å². The van der Waals surface area contributed by atoms with Crippen LogP contribution >= 0.6 is 0 Å². The lowest BCUT2D eigenvalue weighted by Gasteiger charge is -2.32. The second-order valence-electron chi connectivity index (χ2n) is 7.12. The van der Waals surface area contributed by atoms with E-state index in [-0.39, 0.29) is 18.4 Å². The van der Waals surface area contributed by atoms with E-state index in [0.29, 0.717) is 24.5 Å². The predicted molar refractivity (Wildman–Crippen MR) is 108 cm³/mol. The second kappa shape index (κ2) is 7.48. The number of carbonyl (C=O) groups is 2. The molecule has 1 aromatic heterocycles. The molecule has 4 rings (SSSR count). The Morgan fingerprint density at radius 3 is 2.68 bits per heavy atom. The maximum absolute atomic E-state index is 13.1. The number of ether oxygens (including phenoxy) is 1. The molecule has 1 saturated heterocycles. The van der Waals surface area contributed by atoms with Crippen molar-refractivity contribution < 1.29 is 14.3 Å². The molecule has 2 heterocycles. The first-order valence-corrected chi connectivity index (χ1v) is 9.36. The van der Waals surface area contributed by atoms with E-state index >= 15 is 0 Å². The fourth-order valence-corrected chi connectivity index (χ4v) is 3.57. The monoisotopic (exact) mass is 377 g/mol. The number of aryl methyl sites for hydroxylation is 2. The molecule has 0 bridgehead atoms. The molecule has 1 atom stereocenters. The summed E-state index contributed by atoms with van der Waals surface area (Å²) in [4.78, 5) is 27.4. The Morgan fingerprint density at radius 1 is 1.11 bits per heavy atom. The maximum atomic E-state index is 13.1. The van der Waals surface area contributed by atoms with Gasteiger partial charge in [-0.2, -0.15) is 0 Å². The summed E-state index contributed by atoms with van der Waals surface area (Å²) < 4.78 is 7.53. The Bertz CT molecular complexity index is 1030.